The number of carbonyl (C=O) groups excluding carboxylic acids is 2. The largest absolute Gasteiger partial charge is 0.466 e. The molecule has 0 saturated carbocycles. The van der Waals surface area contributed by atoms with Crippen LogP contribution in [-0.2, 0) is 20.9 Å². The van der Waals surface area contributed by atoms with Crippen molar-refractivity contribution < 1.29 is 14.3 Å². The second-order valence-corrected chi connectivity index (χ2v) is 3.43. The van der Waals surface area contributed by atoms with Gasteiger partial charge in [0.25, 0.3) is 0 Å². The molecule has 0 aliphatic carbocycles. The van der Waals surface area contributed by atoms with E-state index in [2.05, 4.69) is 4.98 Å². The van der Waals surface area contributed by atoms with Gasteiger partial charge in [-0.15, -0.1) is 0 Å². The Morgan fingerprint density at radius 3 is 2.81 bits per heavy atom. The van der Waals surface area contributed by atoms with Crippen LogP contribution in [0.3, 0.4) is 0 Å². The number of H-pyrrole nitrogens is 1. The number of amides is 1. The first kappa shape index (κ1) is 12.3. The van der Waals surface area contributed by atoms with E-state index in [9.17, 15) is 9.59 Å². The van der Waals surface area contributed by atoms with Crippen molar-refractivity contribution in [3.8, 4) is 0 Å². The summed E-state index contributed by atoms with van der Waals surface area (Å²) in [4.78, 5) is 27.1. The van der Waals surface area contributed by atoms with Crippen LogP contribution >= 0.6 is 0 Å². The summed E-state index contributed by atoms with van der Waals surface area (Å²) in [5.41, 5.74) is 0.930. The van der Waals surface area contributed by atoms with E-state index in [0.29, 0.717) is 13.2 Å². The summed E-state index contributed by atoms with van der Waals surface area (Å²) in [5, 5.41) is 0. The highest BCUT2D eigenvalue weighted by atomic mass is 16.5. The molecule has 0 saturated heterocycles. The van der Waals surface area contributed by atoms with Crippen molar-refractivity contribution in [1.82, 2.24) is 9.88 Å². The van der Waals surface area contributed by atoms with Crippen molar-refractivity contribution in [2.45, 2.75) is 19.9 Å². The van der Waals surface area contributed by atoms with Crippen LogP contribution in [-0.4, -0.2) is 35.4 Å². The average Bonchev–Trinajstić information content (AvgIpc) is 2.70. The molecule has 1 rings (SSSR count). The van der Waals surface area contributed by atoms with E-state index in [1.54, 1.807) is 20.2 Å². The van der Waals surface area contributed by atoms with Gasteiger partial charge in [0.15, 0.2) is 0 Å². The van der Waals surface area contributed by atoms with Crippen molar-refractivity contribution in [3.63, 3.8) is 0 Å². The number of esters is 1. The van der Waals surface area contributed by atoms with Crippen LogP contribution in [0.15, 0.2) is 18.3 Å². The first-order chi connectivity index (χ1) is 7.63. The third kappa shape index (κ3) is 3.76. The molecule has 1 N–H and O–H groups in total. The fraction of sp³-hybridized carbons (Fsp3) is 0.455. The monoisotopic (exact) mass is 224 g/mol. The zero-order valence-corrected chi connectivity index (χ0v) is 9.53. The fourth-order valence-electron chi connectivity index (χ4n) is 1.28. The Morgan fingerprint density at radius 2 is 2.25 bits per heavy atom. The summed E-state index contributed by atoms with van der Waals surface area (Å²) in [7, 11) is 1.66. The molecule has 0 aliphatic rings. The molecule has 5 heteroatoms. The zero-order valence-electron chi connectivity index (χ0n) is 9.53. The maximum absolute atomic E-state index is 11.6. The standard InChI is InChI=1S/C11H16N2O3/c1-3-16-11(15)7-10(14)13(2)8-9-5-4-6-12-9/h4-6,12H,3,7-8H2,1-2H3. The molecule has 0 unspecified atom stereocenters. The molecule has 0 radical (unpaired) electrons. The molecule has 0 aliphatic heterocycles. The predicted octanol–water partition coefficient (Wildman–Crippen LogP) is 0.926. The quantitative estimate of drug-likeness (QED) is 0.597. The summed E-state index contributed by atoms with van der Waals surface area (Å²) in [5.74, 6) is -0.723. The van der Waals surface area contributed by atoms with Crippen LogP contribution in [0.2, 0.25) is 0 Å². The molecule has 0 bridgehead atoms. The third-order valence-electron chi connectivity index (χ3n) is 2.10. The molecule has 5 nitrogen and oxygen atoms in total. The van der Waals surface area contributed by atoms with Gasteiger partial charge >= 0.3 is 5.97 Å². The maximum atomic E-state index is 11.6. The number of rotatable bonds is 5. The van der Waals surface area contributed by atoms with Crippen LogP contribution in [0.1, 0.15) is 19.0 Å². The maximum Gasteiger partial charge on any atom is 0.315 e. The van der Waals surface area contributed by atoms with Gasteiger partial charge in [-0.2, -0.15) is 0 Å². The lowest BCUT2D eigenvalue weighted by Crippen LogP contribution is -2.28. The Bertz CT molecular complexity index is 346. The van der Waals surface area contributed by atoms with E-state index >= 15 is 0 Å². The number of hydrogen-bond acceptors (Lipinski definition) is 3. The van der Waals surface area contributed by atoms with Gasteiger partial charge in [0.05, 0.1) is 13.2 Å². The van der Waals surface area contributed by atoms with Crippen molar-refractivity contribution in [1.29, 1.82) is 0 Å². The minimum atomic E-state index is -0.481. The van der Waals surface area contributed by atoms with E-state index in [1.807, 2.05) is 12.1 Å². The lowest BCUT2D eigenvalue weighted by atomic mass is 10.3. The van der Waals surface area contributed by atoms with Crippen molar-refractivity contribution in [2.24, 2.45) is 0 Å². The van der Waals surface area contributed by atoms with Gasteiger partial charge in [-0.05, 0) is 19.1 Å². The summed E-state index contributed by atoms with van der Waals surface area (Å²) in [6.07, 6.45) is 1.59. The molecule has 0 aromatic carbocycles. The minimum Gasteiger partial charge on any atom is -0.466 e. The molecule has 0 spiro atoms. The van der Waals surface area contributed by atoms with Crippen molar-refractivity contribution in [2.75, 3.05) is 13.7 Å². The Morgan fingerprint density at radius 1 is 1.50 bits per heavy atom. The second kappa shape index (κ2) is 5.95. The molecule has 0 atom stereocenters. The highest BCUT2D eigenvalue weighted by Gasteiger charge is 2.14. The number of nitrogens with one attached hydrogen (secondary N) is 1. The lowest BCUT2D eigenvalue weighted by Gasteiger charge is -2.15. The van der Waals surface area contributed by atoms with Crippen LogP contribution < -0.4 is 0 Å². The van der Waals surface area contributed by atoms with Crippen molar-refractivity contribution >= 4 is 11.9 Å². The molecule has 88 valence electrons. The van der Waals surface area contributed by atoms with Crippen LogP contribution in [0.5, 0.6) is 0 Å². The molecule has 1 aromatic heterocycles. The van der Waals surface area contributed by atoms with Gasteiger partial charge < -0.3 is 14.6 Å². The van der Waals surface area contributed by atoms with Gasteiger partial charge in [0.1, 0.15) is 6.42 Å². The number of aromatic nitrogens is 1. The first-order valence-corrected chi connectivity index (χ1v) is 5.15. The zero-order chi connectivity index (χ0) is 12.0. The van der Waals surface area contributed by atoms with Gasteiger partial charge in [-0.3, -0.25) is 9.59 Å². The predicted molar refractivity (Wildman–Crippen MR) is 58.5 cm³/mol. The summed E-state index contributed by atoms with van der Waals surface area (Å²) in [6, 6.07) is 3.74. The molecule has 16 heavy (non-hydrogen) atoms. The van der Waals surface area contributed by atoms with E-state index in [1.165, 1.54) is 4.90 Å². The fourth-order valence-corrected chi connectivity index (χ4v) is 1.28. The Kier molecular flexibility index (Phi) is 4.57. The number of hydrogen-bond donors (Lipinski definition) is 1. The Balaban J connectivity index is 2.39. The summed E-state index contributed by atoms with van der Waals surface area (Å²) in [6.45, 7) is 2.47. The molecule has 1 amide bonds. The number of aromatic amines is 1. The van der Waals surface area contributed by atoms with Crippen LogP contribution in [0, 0.1) is 0 Å². The van der Waals surface area contributed by atoms with Gasteiger partial charge in [-0.1, -0.05) is 0 Å². The third-order valence-corrected chi connectivity index (χ3v) is 2.10. The molecule has 0 fully saturated rings. The first-order valence-electron chi connectivity index (χ1n) is 5.15. The van der Waals surface area contributed by atoms with E-state index in [4.69, 9.17) is 4.74 Å². The van der Waals surface area contributed by atoms with E-state index < -0.39 is 5.97 Å². The second-order valence-electron chi connectivity index (χ2n) is 3.43. The molecular weight excluding hydrogens is 208 g/mol. The lowest BCUT2D eigenvalue weighted by molar-refractivity contribution is -0.148. The van der Waals surface area contributed by atoms with Gasteiger partial charge in [0, 0.05) is 18.9 Å². The van der Waals surface area contributed by atoms with E-state index in [0.717, 1.165) is 5.69 Å². The van der Waals surface area contributed by atoms with E-state index in [-0.39, 0.29) is 12.3 Å². The van der Waals surface area contributed by atoms with Crippen LogP contribution in [0.4, 0.5) is 0 Å². The Hall–Kier alpha value is -1.78. The topological polar surface area (TPSA) is 62.4 Å². The molecule has 1 aromatic rings. The number of nitrogens with zero attached hydrogens (tertiary/aromatic N) is 1. The smallest absolute Gasteiger partial charge is 0.315 e. The minimum absolute atomic E-state index is 0.203. The van der Waals surface area contributed by atoms with Gasteiger partial charge in [-0.25, -0.2) is 0 Å². The van der Waals surface area contributed by atoms with Crippen molar-refractivity contribution in [3.05, 3.63) is 24.0 Å². The average molecular weight is 224 g/mol. The summed E-state index contributed by atoms with van der Waals surface area (Å²) < 4.78 is 4.70. The highest BCUT2D eigenvalue weighted by Crippen LogP contribution is 2.02. The number of carbonyl (C=O) groups is 2. The number of ether oxygens (including phenoxy) is 1. The van der Waals surface area contributed by atoms with Gasteiger partial charge in [0.2, 0.25) is 5.91 Å². The Labute approximate surface area is 94.4 Å². The molecular formula is C11H16N2O3. The summed E-state index contributed by atoms with van der Waals surface area (Å²) >= 11 is 0. The normalized spacial score (nSPS) is 9.88. The SMILES string of the molecule is CCOC(=O)CC(=O)N(C)Cc1ccc[nH]1. The highest BCUT2D eigenvalue weighted by molar-refractivity contribution is 5.94. The molecule has 1 heterocycles. The van der Waals surface area contributed by atoms with Crippen LogP contribution in [0.25, 0.3) is 0 Å².